The van der Waals surface area contributed by atoms with E-state index in [0.29, 0.717) is 12.0 Å². The van der Waals surface area contributed by atoms with E-state index in [2.05, 4.69) is 75.3 Å². The van der Waals surface area contributed by atoms with Crippen molar-refractivity contribution in [3.05, 3.63) is 35.9 Å². The highest BCUT2D eigenvalue weighted by molar-refractivity contribution is 5.19. The molecule has 0 spiro atoms. The first-order chi connectivity index (χ1) is 10.1. The van der Waals surface area contributed by atoms with Gasteiger partial charge in [0.05, 0.1) is 0 Å². The Hall–Kier alpha value is -0.860. The molecule has 0 saturated heterocycles. The SMILES string of the molecule is CCCNC(c1ccccc1)C(C)CN(C)CC(C)CC. The van der Waals surface area contributed by atoms with Crippen molar-refractivity contribution in [2.45, 2.75) is 46.6 Å². The fourth-order valence-corrected chi connectivity index (χ4v) is 2.94. The number of rotatable bonds is 10. The van der Waals surface area contributed by atoms with Crippen molar-refractivity contribution in [1.29, 1.82) is 0 Å². The second-order valence-electron chi connectivity index (χ2n) is 6.55. The fourth-order valence-electron chi connectivity index (χ4n) is 2.94. The minimum atomic E-state index is 0.450. The lowest BCUT2D eigenvalue weighted by molar-refractivity contribution is 0.221. The van der Waals surface area contributed by atoms with Crippen LogP contribution in [0.1, 0.15) is 52.1 Å². The van der Waals surface area contributed by atoms with Crippen molar-refractivity contribution in [2.24, 2.45) is 11.8 Å². The summed E-state index contributed by atoms with van der Waals surface area (Å²) in [5, 5.41) is 3.73. The van der Waals surface area contributed by atoms with Crippen molar-refractivity contribution in [3.8, 4) is 0 Å². The van der Waals surface area contributed by atoms with Crippen molar-refractivity contribution in [3.63, 3.8) is 0 Å². The smallest absolute Gasteiger partial charge is 0.0358 e. The van der Waals surface area contributed by atoms with Gasteiger partial charge in [0.15, 0.2) is 0 Å². The van der Waals surface area contributed by atoms with Crippen LogP contribution in [-0.2, 0) is 0 Å². The van der Waals surface area contributed by atoms with Crippen molar-refractivity contribution in [2.75, 3.05) is 26.7 Å². The highest BCUT2D eigenvalue weighted by Crippen LogP contribution is 2.23. The van der Waals surface area contributed by atoms with Crippen LogP contribution in [-0.4, -0.2) is 31.6 Å². The van der Waals surface area contributed by atoms with Crippen LogP contribution in [0.4, 0.5) is 0 Å². The quantitative estimate of drug-likeness (QED) is 0.689. The maximum absolute atomic E-state index is 3.73. The third-order valence-electron chi connectivity index (χ3n) is 4.26. The Morgan fingerprint density at radius 1 is 1.05 bits per heavy atom. The lowest BCUT2D eigenvalue weighted by Crippen LogP contribution is -2.36. The fraction of sp³-hybridized carbons (Fsp3) is 0.684. The zero-order valence-corrected chi connectivity index (χ0v) is 14.6. The van der Waals surface area contributed by atoms with Gasteiger partial charge in [0, 0.05) is 19.1 Å². The average molecular weight is 290 g/mol. The van der Waals surface area contributed by atoms with Gasteiger partial charge in [0.1, 0.15) is 0 Å². The van der Waals surface area contributed by atoms with Crippen LogP contribution in [0, 0.1) is 11.8 Å². The van der Waals surface area contributed by atoms with Crippen LogP contribution >= 0.6 is 0 Å². The summed E-state index contributed by atoms with van der Waals surface area (Å²) >= 11 is 0. The van der Waals surface area contributed by atoms with Gasteiger partial charge in [-0.2, -0.15) is 0 Å². The van der Waals surface area contributed by atoms with Crippen molar-refractivity contribution < 1.29 is 0 Å². The molecule has 2 nitrogen and oxygen atoms in total. The first-order valence-electron chi connectivity index (χ1n) is 8.55. The molecular weight excluding hydrogens is 256 g/mol. The van der Waals surface area contributed by atoms with Gasteiger partial charge in [0.25, 0.3) is 0 Å². The van der Waals surface area contributed by atoms with Gasteiger partial charge in [-0.15, -0.1) is 0 Å². The molecule has 3 atom stereocenters. The van der Waals surface area contributed by atoms with E-state index in [4.69, 9.17) is 0 Å². The predicted molar refractivity (Wildman–Crippen MR) is 93.6 cm³/mol. The molecule has 0 aromatic heterocycles. The standard InChI is InChI=1S/C19H34N2/c1-6-13-20-19(18-11-9-8-10-12-18)17(4)15-21(5)14-16(3)7-2/h8-12,16-17,19-20H,6-7,13-15H2,1-5H3. The molecule has 0 aliphatic heterocycles. The molecule has 0 radical (unpaired) electrons. The van der Waals surface area contributed by atoms with Gasteiger partial charge in [-0.05, 0) is 37.4 Å². The molecule has 0 aliphatic carbocycles. The second-order valence-corrected chi connectivity index (χ2v) is 6.55. The molecule has 2 heteroatoms. The van der Waals surface area contributed by atoms with Crippen molar-refractivity contribution >= 4 is 0 Å². The summed E-state index contributed by atoms with van der Waals surface area (Å²) in [6.07, 6.45) is 2.44. The van der Waals surface area contributed by atoms with E-state index in [1.807, 2.05) is 0 Å². The van der Waals surface area contributed by atoms with Crippen molar-refractivity contribution in [1.82, 2.24) is 10.2 Å². The molecule has 0 fully saturated rings. The number of nitrogens with zero attached hydrogens (tertiary/aromatic N) is 1. The maximum Gasteiger partial charge on any atom is 0.0358 e. The minimum absolute atomic E-state index is 0.450. The van der Waals surface area contributed by atoms with Crippen LogP contribution in [0.5, 0.6) is 0 Å². The molecule has 1 aromatic rings. The average Bonchev–Trinajstić information content (AvgIpc) is 2.48. The Balaban J connectivity index is 2.65. The Labute approximate surface area is 131 Å². The zero-order chi connectivity index (χ0) is 15.7. The molecule has 0 heterocycles. The molecule has 0 saturated carbocycles. The summed E-state index contributed by atoms with van der Waals surface area (Å²) < 4.78 is 0. The normalized spacial score (nSPS) is 15.9. The van der Waals surface area contributed by atoms with Crippen LogP contribution in [0.2, 0.25) is 0 Å². The summed E-state index contributed by atoms with van der Waals surface area (Å²) in [5.41, 5.74) is 1.41. The second kappa shape index (κ2) is 9.97. The largest absolute Gasteiger partial charge is 0.310 e. The molecule has 0 bridgehead atoms. The minimum Gasteiger partial charge on any atom is -0.310 e. The zero-order valence-electron chi connectivity index (χ0n) is 14.6. The monoisotopic (exact) mass is 290 g/mol. The maximum atomic E-state index is 3.73. The third kappa shape index (κ3) is 6.62. The summed E-state index contributed by atoms with van der Waals surface area (Å²) in [6, 6.07) is 11.3. The van der Waals surface area contributed by atoms with Gasteiger partial charge >= 0.3 is 0 Å². The first-order valence-corrected chi connectivity index (χ1v) is 8.55. The molecule has 1 N–H and O–H groups in total. The van der Waals surface area contributed by atoms with Gasteiger partial charge < -0.3 is 10.2 Å². The highest BCUT2D eigenvalue weighted by Gasteiger charge is 2.20. The molecular formula is C19H34N2. The summed E-state index contributed by atoms with van der Waals surface area (Å²) in [4.78, 5) is 2.49. The Morgan fingerprint density at radius 3 is 2.29 bits per heavy atom. The van der Waals surface area contributed by atoms with E-state index in [9.17, 15) is 0 Å². The number of hydrogen-bond acceptors (Lipinski definition) is 2. The summed E-state index contributed by atoms with van der Waals surface area (Å²) in [6.45, 7) is 12.6. The Bertz CT molecular complexity index is 363. The van der Waals surface area contributed by atoms with Gasteiger partial charge in [-0.25, -0.2) is 0 Å². The summed E-state index contributed by atoms with van der Waals surface area (Å²) in [7, 11) is 2.25. The van der Waals surface area contributed by atoms with Crippen LogP contribution in [0.15, 0.2) is 30.3 Å². The molecule has 0 aliphatic rings. The first kappa shape index (κ1) is 18.2. The van der Waals surface area contributed by atoms with E-state index in [-0.39, 0.29) is 0 Å². The van der Waals surface area contributed by atoms with Crippen LogP contribution < -0.4 is 5.32 Å². The van der Waals surface area contributed by atoms with Crippen LogP contribution in [0.25, 0.3) is 0 Å². The Morgan fingerprint density at radius 2 is 1.71 bits per heavy atom. The summed E-state index contributed by atoms with van der Waals surface area (Å²) in [5.74, 6) is 1.38. The van der Waals surface area contributed by atoms with Crippen LogP contribution in [0.3, 0.4) is 0 Å². The third-order valence-corrected chi connectivity index (χ3v) is 4.26. The molecule has 21 heavy (non-hydrogen) atoms. The van der Waals surface area contributed by atoms with Gasteiger partial charge in [-0.1, -0.05) is 64.4 Å². The van der Waals surface area contributed by atoms with Gasteiger partial charge in [-0.3, -0.25) is 0 Å². The number of benzene rings is 1. The molecule has 1 aromatic carbocycles. The molecule has 0 amide bonds. The number of nitrogens with one attached hydrogen (secondary N) is 1. The van der Waals surface area contributed by atoms with Gasteiger partial charge in [0.2, 0.25) is 0 Å². The molecule has 3 unspecified atom stereocenters. The van der Waals surface area contributed by atoms with E-state index in [1.165, 1.54) is 24.9 Å². The molecule has 120 valence electrons. The predicted octanol–water partition coefficient (Wildman–Crippen LogP) is 4.34. The van der Waals surface area contributed by atoms with E-state index in [1.54, 1.807) is 0 Å². The topological polar surface area (TPSA) is 15.3 Å². The number of hydrogen-bond donors (Lipinski definition) is 1. The highest BCUT2D eigenvalue weighted by atomic mass is 15.1. The molecule has 1 rings (SSSR count). The lowest BCUT2D eigenvalue weighted by atomic mass is 9.93. The lowest BCUT2D eigenvalue weighted by Gasteiger charge is -2.30. The van der Waals surface area contributed by atoms with E-state index in [0.717, 1.165) is 19.0 Å². The van der Waals surface area contributed by atoms with E-state index < -0.39 is 0 Å². The Kier molecular flexibility index (Phi) is 8.63. The van der Waals surface area contributed by atoms with E-state index >= 15 is 0 Å².